The van der Waals surface area contributed by atoms with Crippen LogP contribution in [0, 0.1) is 0 Å². The lowest BCUT2D eigenvalue weighted by molar-refractivity contribution is 0.0992. The van der Waals surface area contributed by atoms with E-state index in [0.29, 0.717) is 6.42 Å². The first-order valence-corrected chi connectivity index (χ1v) is 7.07. The highest BCUT2D eigenvalue weighted by atomic mass is 79.9. The number of hydrogen-bond acceptors (Lipinski definition) is 3. The average Bonchev–Trinajstić information content (AvgIpc) is 2.77. The fourth-order valence-corrected chi connectivity index (χ4v) is 2.65. The summed E-state index contributed by atoms with van der Waals surface area (Å²) >= 11 is 4.88. The van der Waals surface area contributed by atoms with E-state index in [1.165, 1.54) is 16.9 Å². The first-order chi connectivity index (χ1) is 8.19. The summed E-state index contributed by atoms with van der Waals surface area (Å²) in [5.74, 6) is 0.115. The van der Waals surface area contributed by atoms with Crippen LogP contribution in [0.1, 0.15) is 28.5 Å². The number of aromatic nitrogens is 1. The van der Waals surface area contributed by atoms with Crippen LogP contribution < -0.4 is 0 Å². The monoisotopic (exact) mass is 309 g/mol. The summed E-state index contributed by atoms with van der Waals surface area (Å²) in [6.45, 7) is 2.09. The molecule has 0 bridgehead atoms. The summed E-state index contributed by atoms with van der Waals surface area (Å²) in [6.07, 6.45) is 3.18. The van der Waals surface area contributed by atoms with Crippen molar-refractivity contribution < 1.29 is 4.79 Å². The Morgan fingerprint density at radius 2 is 2.29 bits per heavy atom. The molecule has 0 amide bonds. The standard InChI is InChI=1S/C13H12BrNOS/c1-2-9-3-4-11(15-7-9)6-12(16)10-5-13(14)17-8-10/h3-5,7-8H,2,6H2,1H3. The summed E-state index contributed by atoms with van der Waals surface area (Å²) in [5, 5.41) is 1.87. The Balaban J connectivity index is 2.07. The van der Waals surface area contributed by atoms with Gasteiger partial charge < -0.3 is 0 Å². The lowest BCUT2D eigenvalue weighted by atomic mass is 10.1. The number of rotatable bonds is 4. The third-order valence-corrected chi connectivity index (χ3v) is 4.03. The van der Waals surface area contributed by atoms with E-state index in [-0.39, 0.29) is 5.78 Å². The van der Waals surface area contributed by atoms with E-state index in [1.54, 1.807) is 0 Å². The maximum Gasteiger partial charge on any atom is 0.169 e. The van der Waals surface area contributed by atoms with Gasteiger partial charge in [-0.05, 0) is 40.0 Å². The van der Waals surface area contributed by atoms with Gasteiger partial charge in [-0.25, -0.2) is 0 Å². The van der Waals surface area contributed by atoms with Crippen LogP contribution in [0.4, 0.5) is 0 Å². The van der Waals surface area contributed by atoms with Crippen molar-refractivity contribution in [3.05, 3.63) is 50.4 Å². The van der Waals surface area contributed by atoms with E-state index in [2.05, 4.69) is 27.8 Å². The number of carbonyl (C=O) groups is 1. The number of carbonyl (C=O) groups excluding carboxylic acids is 1. The first kappa shape index (κ1) is 12.5. The second-order valence-corrected chi connectivity index (χ2v) is 6.04. The molecule has 0 aliphatic rings. The highest BCUT2D eigenvalue weighted by Crippen LogP contribution is 2.21. The lowest BCUT2D eigenvalue weighted by Crippen LogP contribution is -2.03. The molecule has 88 valence electrons. The van der Waals surface area contributed by atoms with Crippen molar-refractivity contribution in [3.63, 3.8) is 0 Å². The van der Waals surface area contributed by atoms with Crippen LogP contribution in [0.5, 0.6) is 0 Å². The summed E-state index contributed by atoms with van der Waals surface area (Å²) in [7, 11) is 0. The Morgan fingerprint density at radius 3 is 2.82 bits per heavy atom. The molecule has 2 nitrogen and oxygen atoms in total. The average molecular weight is 310 g/mol. The van der Waals surface area contributed by atoms with Gasteiger partial charge in [-0.2, -0.15) is 0 Å². The molecule has 0 atom stereocenters. The van der Waals surface area contributed by atoms with Crippen LogP contribution in [0.15, 0.2) is 33.6 Å². The zero-order chi connectivity index (χ0) is 12.3. The highest BCUT2D eigenvalue weighted by molar-refractivity contribution is 9.11. The fraction of sp³-hybridized carbons (Fsp3) is 0.231. The van der Waals surface area contributed by atoms with Crippen LogP contribution in [0.2, 0.25) is 0 Å². The molecule has 0 saturated heterocycles. The molecule has 0 aromatic carbocycles. The Kier molecular flexibility index (Phi) is 4.07. The second-order valence-electron chi connectivity index (χ2n) is 3.75. The Morgan fingerprint density at radius 1 is 1.47 bits per heavy atom. The van der Waals surface area contributed by atoms with Crippen molar-refractivity contribution in [1.82, 2.24) is 4.98 Å². The number of nitrogens with zero attached hydrogens (tertiary/aromatic N) is 1. The molecule has 4 heteroatoms. The molecule has 17 heavy (non-hydrogen) atoms. The maximum atomic E-state index is 11.9. The minimum Gasteiger partial charge on any atom is -0.294 e. The summed E-state index contributed by atoms with van der Waals surface area (Å²) in [6, 6.07) is 5.81. The smallest absolute Gasteiger partial charge is 0.169 e. The van der Waals surface area contributed by atoms with Gasteiger partial charge in [-0.3, -0.25) is 9.78 Å². The summed E-state index contributed by atoms with van der Waals surface area (Å²) in [5.41, 5.74) is 2.78. The molecule has 0 aliphatic carbocycles. The molecule has 0 spiro atoms. The van der Waals surface area contributed by atoms with Crippen LogP contribution in [-0.2, 0) is 12.8 Å². The zero-order valence-electron chi connectivity index (χ0n) is 9.44. The molecular formula is C13H12BrNOS. The Bertz CT molecular complexity index is 518. The number of thiophene rings is 1. The summed E-state index contributed by atoms with van der Waals surface area (Å²) < 4.78 is 0.982. The number of halogens is 1. The molecular weight excluding hydrogens is 298 g/mol. The molecule has 0 N–H and O–H groups in total. The first-order valence-electron chi connectivity index (χ1n) is 5.40. The van der Waals surface area contributed by atoms with Crippen molar-refractivity contribution in [2.24, 2.45) is 0 Å². The van der Waals surface area contributed by atoms with E-state index in [0.717, 1.165) is 21.5 Å². The maximum absolute atomic E-state index is 11.9. The largest absolute Gasteiger partial charge is 0.294 e. The molecule has 2 aromatic heterocycles. The predicted molar refractivity (Wildman–Crippen MR) is 73.7 cm³/mol. The Labute approximate surface area is 113 Å². The molecule has 0 fully saturated rings. The molecule has 0 unspecified atom stereocenters. The normalized spacial score (nSPS) is 10.5. The molecule has 2 heterocycles. The SMILES string of the molecule is CCc1ccc(CC(=O)c2csc(Br)c2)nc1. The molecule has 0 radical (unpaired) electrons. The lowest BCUT2D eigenvalue weighted by Gasteiger charge is -2.00. The predicted octanol–water partition coefficient (Wildman–Crippen LogP) is 3.89. The number of aryl methyl sites for hydroxylation is 1. The van der Waals surface area contributed by atoms with E-state index >= 15 is 0 Å². The van der Waals surface area contributed by atoms with Gasteiger partial charge in [-0.1, -0.05) is 13.0 Å². The van der Waals surface area contributed by atoms with Gasteiger partial charge in [0.15, 0.2) is 5.78 Å². The van der Waals surface area contributed by atoms with Crippen LogP contribution in [0.25, 0.3) is 0 Å². The van der Waals surface area contributed by atoms with Gasteiger partial charge >= 0.3 is 0 Å². The second kappa shape index (κ2) is 5.56. The molecule has 0 saturated carbocycles. The van der Waals surface area contributed by atoms with Gasteiger partial charge in [0, 0.05) is 22.8 Å². The van der Waals surface area contributed by atoms with Gasteiger partial charge in [-0.15, -0.1) is 11.3 Å². The van der Waals surface area contributed by atoms with Gasteiger partial charge in [0.25, 0.3) is 0 Å². The van der Waals surface area contributed by atoms with Crippen molar-refractivity contribution in [3.8, 4) is 0 Å². The van der Waals surface area contributed by atoms with Crippen molar-refractivity contribution in [1.29, 1.82) is 0 Å². The topological polar surface area (TPSA) is 30.0 Å². The quantitative estimate of drug-likeness (QED) is 0.802. The van der Waals surface area contributed by atoms with Crippen LogP contribution in [-0.4, -0.2) is 10.8 Å². The number of pyridine rings is 1. The third kappa shape index (κ3) is 3.23. The molecule has 2 rings (SSSR count). The van der Waals surface area contributed by atoms with Crippen molar-refractivity contribution in [2.75, 3.05) is 0 Å². The minimum absolute atomic E-state index is 0.115. The van der Waals surface area contributed by atoms with E-state index in [9.17, 15) is 4.79 Å². The van der Waals surface area contributed by atoms with E-state index in [1.807, 2.05) is 29.8 Å². The van der Waals surface area contributed by atoms with E-state index < -0.39 is 0 Å². The number of hydrogen-bond donors (Lipinski definition) is 0. The van der Waals surface area contributed by atoms with Gasteiger partial charge in [0.05, 0.1) is 10.2 Å². The summed E-state index contributed by atoms with van der Waals surface area (Å²) in [4.78, 5) is 16.2. The third-order valence-electron chi connectivity index (χ3n) is 2.53. The molecule has 0 aliphatic heterocycles. The van der Waals surface area contributed by atoms with Crippen LogP contribution in [0.3, 0.4) is 0 Å². The number of ketones is 1. The molecule has 2 aromatic rings. The zero-order valence-corrected chi connectivity index (χ0v) is 11.8. The minimum atomic E-state index is 0.115. The number of Topliss-reactive ketones (excluding diaryl/α,β-unsaturated/α-hetero) is 1. The van der Waals surface area contributed by atoms with Crippen molar-refractivity contribution >= 4 is 33.0 Å². The van der Waals surface area contributed by atoms with E-state index in [4.69, 9.17) is 0 Å². The van der Waals surface area contributed by atoms with Crippen LogP contribution >= 0.6 is 27.3 Å². The highest BCUT2D eigenvalue weighted by Gasteiger charge is 2.09. The van der Waals surface area contributed by atoms with Crippen molar-refractivity contribution in [2.45, 2.75) is 19.8 Å². The fourth-order valence-electron chi connectivity index (χ4n) is 1.49. The van der Waals surface area contributed by atoms with Gasteiger partial charge in [0.1, 0.15) is 0 Å². The van der Waals surface area contributed by atoms with Gasteiger partial charge in [0.2, 0.25) is 0 Å². The Hall–Kier alpha value is -1.00.